The van der Waals surface area contributed by atoms with Gasteiger partial charge in [0.15, 0.2) is 0 Å². The minimum Gasteiger partial charge on any atom is -0.496 e. The van der Waals surface area contributed by atoms with Gasteiger partial charge < -0.3 is 14.8 Å². The molecule has 4 nitrogen and oxygen atoms in total. The normalized spacial score (nSPS) is 19.9. The van der Waals surface area contributed by atoms with Gasteiger partial charge in [0.2, 0.25) is 0 Å². The molecule has 1 saturated heterocycles. The van der Waals surface area contributed by atoms with Gasteiger partial charge in [-0.15, -0.1) is 0 Å². The van der Waals surface area contributed by atoms with Gasteiger partial charge in [-0.3, -0.25) is 4.90 Å². The molecule has 2 N–H and O–H groups in total. The van der Waals surface area contributed by atoms with Crippen LogP contribution in [0.15, 0.2) is 18.2 Å². The lowest BCUT2D eigenvalue weighted by atomic mass is 9.79. The van der Waals surface area contributed by atoms with Crippen molar-refractivity contribution in [3.63, 3.8) is 0 Å². The zero-order chi connectivity index (χ0) is 14.5. The molecule has 0 spiro atoms. The van der Waals surface area contributed by atoms with Crippen molar-refractivity contribution in [3.05, 3.63) is 23.8 Å². The van der Waals surface area contributed by atoms with E-state index in [1.165, 1.54) is 6.42 Å². The maximum atomic E-state index is 9.30. The Kier molecular flexibility index (Phi) is 5.78. The van der Waals surface area contributed by atoms with E-state index in [0.717, 1.165) is 36.7 Å². The van der Waals surface area contributed by atoms with Crippen LogP contribution in [0.5, 0.6) is 5.75 Å². The summed E-state index contributed by atoms with van der Waals surface area (Å²) >= 11 is 2.04. The van der Waals surface area contributed by atoms with E-state index in [2.05, 4.69) is 11.8 Å². The lowest BCUT2D eigenvalue weighted by molar-refractivity contribution is 0.268. The first kappa shape index (κ1) is 15.7. The van der Waals surface area contributed by atoms with E-state index in [9.17, 15) is 10.0 Å². The second-order valence-corrected chi connectivity index (χ2v) is 6.49. The molecule has 0 amide bonds. The Bertz CT molecular complexity index is 444. The zero-order valence-electron chi connectivity index (χ0n) is 12.1. The summed E-state index contributed by atoms with van der Waals surface area (Å²) in [5.41, 5.74) is 1.53. The fraction of sp³-hybridized carbons (Fsp3) is 0.571. The maximum absolute atomic E-state index is 9.30. The molecule has 1 aliphatic rings. The molecule has 1 unspecified atom stereocenters. The van der Waals surface area contributed by atoms with Crippen molar-refractivity contribution in [2.24, 2.45) is 0 Å². The summed E-state index contributed by atoms with van der Waals surface area (Å²) in [5, 5.41) is 19.3. The van der Waals surface area contributed by atoms with Gasteiger partial charge in [0, 0.05) is 36.2 Å². The van der Waals surface area contributed by atoms with Crippen molar-refractivity contribution in [2.45, 2.75) is 25.1 Å². The molecule has 1 aliphatic heterocycles. The summed E-state index contributed by atoms with van der Waals surface area (Å²) in [7, 11) is 0.217. The first-order valence-electron chi connectivity index (χ1n) is 7.01. The van der Waals surface area contributed by atoms with Gasteiger partial charge in [-0.25, -0.2) is 0 Å². The van der Waals surface area contributed by atoms with Crippen LogP contribution in [0.25, 0.3) is 0 Å². The largest absolute Gasteiger partial charge is 0.496 e. The van der Waals surface area contributed by atoms with Crippen molar-refractivity contribution in [1.29, 1.82) is 0 Å². The zero-order valence-corrected chi connectivity index (χ0v) is 12.9. The monoisotopic (exact) mass is 295 g/mol. The van der Waals surface area contributed by atoms with Crippen LogP contribution in [0.4, 0.5) is 0 Å². The van der Waals surface area contributed by atoms with E-state index < -0.39 is 7.12 Å². The predicted molar refractivity (Wildman–Crippen MR) is 84.6 cm³/mol. The molecule has 2 rings (SSSR count). The number of ether oxygens (including phenoxy) is 1. The smallest absolute Gasteiger partial charge is 0.488 e. The van der Waals surface area contributed by atoms with E-state index in [1.807, 2.05) is 17.8 Å². The molecule has 0 saturated carbocycles. The SMILES string of the molecule is CCC1CN(Cc2cc(B(O)O)ccc2OC)CCS1. The summed E-state index contributed by atoms with van der Waals surface area (Å²) in [5.74, 6) is 1.96. The Morgan fingerprint density at radius 2 is 2.25 bits per heavy atom. The Balaban J connectivity index is 2.12. The number of hydrogen-bond donors (Lipinski definition) is 2. The van der Waals surface area contributed by atoms with Gasteiger partial charge >= 0.3 is 7.12 Å². The Labute approximate surface area is 125 Å². The Morgan fingerprint density at radius 1 is 1.45 bits per heavy atom. The van der Waals surface area contributed by atoms with Crippen LogP contribution in [0, 0.1) is 0 Å². The highest BCUT2D eigenvalue weighted by Crippen LogP contribution is 2.25. The van der Waals surface area contributed by atoms with Gasteiger partial charge in [-0.2, -0.15) is 11.8 Å². The van der Waals surface area contributed by atoms with Crippen LogP contribution >= 0.6 is 11.8 Å². The molecule has 20 heavy (non-hydrogen) atoms. The number of hydrogen-bond acceptors (Lipinski definition) is 5. The first-order valence-corrected chi connectivity index (χ1v) is 8.05. The molecule has 0 aliphatic carbocycles. The molecule has 1 aromatic carbocycles. The second kappa shape index (κ2) is 7.36. The Morgan fingerprint density at radius 3 is 2.90 bits per heavy atom. The molecule has 1 fully saturated rings. The number of benzene rings is 1. The number of methoxy groups -OCH3 is 1. The standard InChI is InChI=1S/C14H22BNO3S/c1-3-13-10-16(6-7-20-13)9-11-8-12(15(17)18)4-5-14(11)19-2/h4-5,8,13,17-18H,3,6-7,9-10H2,1-2H3. The summed E-state index contributed by atoms with van der Waals surface area (Å²) in [6.45, 7) is 5.16. The van der Waals surface area contributed by atoms with E-state index in [4.69, 9.17) is 4.74 Å². The number of nitrogens with zero attached hydrogens (tertiary/aromatic N) is 1. The van der Waals surface area contributed by atoms with Crippen LogP contribution in [0.1, 0.15) is 18.9 Å². The summed E-state index contributed by atoms with van der Waals surface area (Å²) in [6.07, 6.45) is 1.19. The highest BCUT2D eigenvalue weighted by atomic mass is 32.2. The number of thioether (sulfide) groups is 1. The minimum atomic E-state index is -1.43. The average Bonchev–Trinajstić information content (AvgIpc) is 2.47. The molecule has 110 valence electrons. The van der Waals surface area contributed by atoms with Gasteiger partial charge in [0.25, 0.3) is 0 Å². The van der Waals surface area contributed by atoms with Crippen molar-refractivity contribution >= 4 is 24.3 Å². The van der Waals surface area contributed by atoms with Crippen LogP contribution in [0.2, 0.25) is 0 Å². The highest BCUT2D eigenvalue weighted by molar-refractivity contribution is 8.00. The minimum absolute atomic E-state index is 0.513. The van der Waals surface area contributed by atoms with Gasteiger partial charge in [-0.1, -0.05) is 19.1 Å². The third-order valence-corrected chi connectivity index (χ3v) is 5.05. The number of rotatable bonds is 5. The molecule has 0 radical (unpaired) electrons. The van der Waals surface area contributed by atoms with E-state index >= 15 is 0 Å². The molecule has 0 bridgehead atoms. The van der Waals surface area contributed by atoms with Crippen LogP contribution < -0.4 is 10.2 Å². The quantitative estimate of drug-likeness (QED) is 0.783. The third kappa shape index (κ3) is 3.91. The van der Waals surface area contributed by atoms with E-state index in [-0.39, 0.29) is 0 Å². The van der Waals surface area contributed by atoms with E-state index in [0.29, 0.717) is 10.7 Å². The fourth-order valence-electron chi connectivity index (χ4n) is 2.49. The highest BCUT2D eigenvalue weighted by Gasteiger charge is 2.21. The molecule has 1 atom stereocenters. The van der Waals surface area contributed by atoms with Crippen LogP contribution in [0.3, 0.4) is 0 Å². The lowest BCUT2D eigenvalue weighted by Crippen LogP contribution is -2.37. The molecule has 1 heterocycles. The molecular weight excluding hydrogens is 273 g/mol. The molecule has 6 heteroatoms. The van der Waals surface area contributed by atoms with Crippen molar-refractivity contribution in [1.82, 2.24) is 4.90 Å². The van der Waals surface area contributed by atoms with Gasteiger partial charge in [0.05, 0.1) is 7.11 Å². The van der Waals surface area contributed by atoms with Crippen molar-refractivity contribution < 1.29 is 14.8 Å². The molecule has 0 aromatic heterocycles. The van der Waals surface area contributed by atoms with Gasteiger partial charge in [0.1, 0.15) is 5.75 Å². The molecule has 1 aromatic rings. The fourth-order valence-corrected chi connectivity index (χ4v) is 3.74. The van der Waals surface area contributed by atoms with Crippen molar-refractivity contribution in [2.75, 3.05) is 26.0 Å². The van der Waals surface area contributed by atoms with Gasteiger partial charge in [-0.05, 0) is 17.9 Å². The topological polar surface area (TPSA) is 52.9 Å². The van der Waals surface area contributed by atoms with Crippen molar-refractivity contribution in [3.8, 4) is 5.75 Å². The average molecular weight is 295 g/mol. The maximum Gasteiger partial charge on any atom is 0.488 e. The molecular formula is C14H22BNO3S. The van der Waals surface area contributed by atoms with Crippen LogP contribution in [-0.2, 0) is 6.54 Å². The Hall–Kier alpha value is -0.685. The predicted octanol–water partition coefficient (Wildman–Crippen LogP) is 0.702. The summed E-state index contributed by atoms with van der Waals surface area (Å²) in [4.78, 5) is 2.41. The summed E-state index contributed by atoms with van der Waals surface area (Å²) in [6, 6.07) is 5.32. The first-order chi connectivity index (χ1) is 9.63. The third-order valence-electron chi connectivity index (χ3n) is 3.67. The van der Waals surface area contributed by atoms with Crippen LogP contribution in [-0.4, -0.2) is 53.3 Å². The van der Waals surface area contributed by atoms with E-state index in [1.54, 1.807) is 19.2 Å². The summed E-state index contributed by atoms with van der Waals surface area (Å²) < 4.78 is 5.38. The second-order valence-electron chi connectivity index (χ2n) is 5.08. The lowest BCUT2D eigenvalue weighted by Gasteiger charge is -2.32.